The molecule has 1 amide bonds. The smallest absolute Gasteiger partial charge is 0.243 e. The Balaban J connectivity index is 1.65. The van der Waals surface area contributed by atoms with Crippen LogP contribution in [-0.2, 0) is 11.3 Å². The van der Waals surface area contributed by atoms with E-state index in [0.717, 1.165) is 31.0 Å². The van der Waals surface area contributed by atoms with E-state index in [-0.39, 0.29) is 5.91 Å². The van der Waals surface area contributed by atoms with E-state index < -0.39 is 0 Å². The normalized spacial score (nSPS) is 15.3. The molecule has 0 saturated carbocycles. The van der Waals surface area contributed by atoms with Crippen molar-refractivity contribution in [3.05, 3.63) is 42.0 Å². The van der Waals surface area contributed by atoms with Gasteiger partial charge in [-0.2, -0.15) is 0 Å². The van der Waals surface area contributed by atoms with Gasteiger partial charge in [-0.25, -0.2) is 0 Å². The van der Waals surface area contributed by atoms with Crippen LogP contribution in [0.2, 0.25) is 0 Å². The number of benzene rings is 1. The highest BCUT2D eigenvalue weighted by Crippen LogP contribution is 2.13. The van der Waals surface area contributed by atoms with Gasteiger partial charge >= 0.3 is 0 Å². The van der Waals surface area contributed by atoms with Gasteiger partial charge in [0.05, 0.1) is 0 Å². The summed E-state index contributed by atoms with van der Waals surface area (Å²) in [7, 11) is 3.94. The summed E-state index contributed by atoms with van der Waals surface area (Å²) in [6.45, 7) is 5.41. The van der Waals surface area contributed by atoms with E-state index in [4.69, 9.17) is 4.74 Å². The van der Waals surface area contributed by atoms with E-state index in [1.807, 2.05) is 49.3 Å². The number of likely N-dealkylation sites (N-methyl/N-ethyl adjacent to an activating group) is 1. The van der Waals surface area contributed by atoms with Crippen molar-refractivity contribution in [1.29, 1.82) is 0 Å². The molecule has 2 rings (SSSR count). The zero-order chi connectivity index (χ0) is 17.2. The largest absolute Gasteiger partial charge is 0.492 e. The number of carbonyl (C=O) groups excluding carboxylic acids is 1. The molecule has 1 N–H and O–H groups in total. The van der Waals surface area contributed by atoms with E-state index in [2.05, 4.69) is 10.2 Å². The number of rotatable bonds is 9. The number of nitrogens with one attached hydrogen (secondary N) is 1. The first-order valence-electron chi connectivity index (χ1n) is 8.66. The maximum Gasteiger partial charge on any atom is 0.243 e. The highest BCUT2D eigenvalue weighted by Gasteiger charge is 2.10. The van der Waals surface area contributed by atoms with Crippen LogP contribution in [0.3, 0.4) is 0 Å². The molecular formula is C19H29N3O2. The van der Waals surface area contributed by atoms with Gasteiger partial charge in [-0.05, 0) is 57.7 Å². The van der Waals surface area contributed by atoms with Crippen LogP contribution in [-0.4, -0.2) is 62.6 Å². The predicted octanol–water partition coefficient (Wildman–Crippen LogP) is 1.90. The Morgan fingerprint density at radius 2 is 1.96 bits per heavy atom. The Kier molecular flexibility index (Phi) is 7.79. The minimum Gasteiger partial charge on any atom is -0.492 e. The van der Waals surface area contributed by atoms with E-state index in [0.29, 0.717) is 6.54 Å². The summed E-state index contributed by atoms with van der Waals surface area (Å²) in [5.41, 5.74) is 1.07. The van der Waals surface area contributed by atoms with Crippen molar-refractivity contribution in [3.63, 3.8) is 0 Å². The van der Waals surface area contributed by atoms with Crippen LogP contribution in [0, 0.1) is 0 Å². The molecule has 24 heavy (non-hydrogen) atoms. The van der Waals surface area contributed by atoms with Crippen LogP contribution in [0.4, 0.5) is 0 Å². The lowest BCUT2D eigenvalue weighted by Crippen LogP contribution is -2.25. The highest BCUT2D eigenvalue weighted by atomic mass is 16.5. The Hall–Kier alpha value is -1.85. The van der Waals surface area contributed by atoms with E-state index in [9.17, 15) is 4.79 Å². The molecule has 1 heterocycles. The molecule has 1 fully saturated rings. The minimum absolute atomic E-state index is 0.0669. The first-order chi connectivity index (χ1) is 11.6. The molecule has 0 bridgehead atoms. The fraction of sp³-hybridized carbons (Fsp3) is 0.526. The number of amides is 1. The maximum absolute atomic E-state index is 11.7. The summed E-state index contributed by atoms with van der Waals surface area (Å²) in [5.74, 6) is 0.818. The van der Waals surface area contributed by atoms with E-state index in [1.165, 1.54) is 25.9 Å². The van der Waals surface area contributed by atoms with Crippen molar-refractivity contribution in [1.82, 2.24) is 15.1 Å². The molecule has 1 aromatic rings. The van der Waals surface area contributed by atoms with Crippen LogP contribution in [0.1, 0.15) is 18.4 Å². The molecule has 0 spiro atoms. The first-order valence-corrected chi connectivity index (χ1v) is 8.66. The second kappa shape index (κ2) is 10.1. The van der Waals surface area contributed by atoms with Crippen molar-refractivity contribution < 1.29 is 9.53 Å². The van der Waals surface area contributed by atoms with Crippen LogP contribution in [0.15, 0.2) is 36.4 Å². The molecule has 0 radical (unpaired) electrons. The Labute approximate surface area is 145 Å². The average molecular weight is 331 g/mol. The van der Waals surface area contributed by atoms with Gasteiger partial charge in [-0.1, -0.05) is 18.2 Å². The van der Waals surface area contributed by atoms with Gasteiger partial charge in [0.1, 0.15) is 12.4 Å². The molecule has 5 nitrogen and oxygen atoms in total. The number of carbonyl (C=O) groups is 1. The number of hydrogen-bond acceptors (Lipinski definition) is 4. The average Bonchev–Trinajstić information content (AvgIpc) is 3.07. The summed E-state index contributed by atoms with van der Waals surface area (Å²) in [6.07, 6.45) is 6.05. The molecule has 1 saturated heterocycles. The van der Waals surface area contributed by atoms with Crippen molar-refractivity contribution in [3.8, 4) is 5.75 Å². The highest BCUT2D eigenvalue weighted by molar-refractivity contribution is 5.87. The Morgan fingerprint density at radius 1 is 1.25 bits per heavy atom. The molecule has 0 atom stereocenters. The number of hydrogen-bond donors (Lipinski definition) is 1. The van der Waals surface area contributed by atoms with Gasteiger partial charge in [0.25, 0.3) is 0 Å². The SMILES string of the molecule is CN(C)C/C=C/C(=O)NCc1ccc(OCCN2CCCC2)cc1. The van der Waals surface area contributed by atoms with Gasteiger partial charge < -0.3 is 15.0 Å². The third kappa shape index (κ3) is 7.15. The van der Waals surface area contributed by atoms with Gasteiger partial charge in [0, 0.05) is 25.7 Å². The third-order valence-electron chi connectivity index (χ3n) is 4.00. The van der Waals surface area contributed by atoms with Crippen LogP contribution >= 0.6 is 0 Å². The van der Waals surface area contributed by atoms with Crippen LogP contribution < -0.4 is 10.1 Å². The lowest BCUT2D eigenvalue weighted by Gasteiger charge is -2.15. The fourth-order valence-electron chi connectivity index (χ4n) is 2.62. The molecule has 5 heteroatoms. The van der Waals surface area contributed by atoms with Crippen molar-refractivity contribution in [2.75, 3.05) is 46.9 Å². The lowest BCUT2D eigenvalue weighted by molar-refractivity contribution is -0.116. The Bertz CT molecular complexity index is 520. The standard InChI is InChI=1S/C19H29N3O2/c1-21(2)11-5-6-19(23)20-16-17-7-9-18(10-8-17)24-15-14-22-12-3-4-13-22/h5-10H,3-4,11-16H2,1-2H3,(H,20,23)/b6-5+. The van der Waals surface area contributed by atoms with Gasteiger partial charge in [-0.15, -0.1) is 0 Å². The maximum atomic E-state index is 11.7. The Morgan fingerprint density at radius 3 is 2.62 bits per heavy atom. The minimum atomic E-state index is -0.0669. The fourth-order valence-corrected chi connectivity index (χ4v) is 2.62. The molecular weight excluding hydrogens is 302 g/mol. The monoisotopic (exact) mass is 331 g/mol. The summed E-state index contributed by atoms with van der Waals surface area (Å²) >= 11 is 0. The molecule has 0 aromatic heterocycles. The van der Waals surface area contributed by atoms with E-state index >= 15 is 0 Å². The molecule has 0 aliphatic carbocycles. The van der Waals surface area contributed by atoms with Gasteiger partial charge in [0.2, 0.25) is 5.91 Å². The van der Waals surface area contributed by atoms with Crippen molar-refractivity contribution in [2.24, 2.45) is 0 Å². The van der Waals surface area contributed by atoms with Crippen molar-refractivity contribution >= 4 is 5.91 Å². The van der Waals surface area contributed by atoms with Gasteiger partial charge in [-0.3, -0.25) is 9.69 Å². The first kappa shape index (κ1) is 18.5. The second-order valence-corrected chi connectivity index (χ2v) is 6.42. The predicted molar refractivity (Wildman–Crippen MR) is 97.2 cm³/mol. The number of ether oxygens (including phenoxy) is 1. The molecule has 1 aromatic carbocycles. The molecule has 1 aliphatic heterocycles. The summed E-state index contributed by atoms with van der Waals surface area (Å²) in [5, 5.41) is 2.88. The van der Waals surface area contributed by atoms with Gasteiger partial charge in [0.15, 0.2) is 0 Å². The zero-order valence-corrected chi connectivity index (χ0v) is 14.8. The summed E-state index contributed by atoms with van der Waals surface area (Å²) in [4.78, 5) is 16.1. The topological polar surface area (TPSA) is 44.8 Å². The third-order valence-corrected chi connectivity index (χ3v) is 4.00. The van der Waals surface area contributed by atoms with Crippen LogP contribution in [0.25, 0.3) is 0 Å². The summed E-state index contributed by atoms with van der Waals surface area (Å²) < 4.78 is 5.78. The van der Waals surface area contributed by atoms with E-state index in [1.54, 1.807) is 6.08 Å². The number of likely N-dealkylation sites (tertiary alicyclic amines) is 1. The number of nitrogens with zero attached hydrogens (tertiary/aromatic N) is 2. The molecule has 1 aliphatic rings. The summed E-state index contributed by atoms with van der Waals surface area (Å²) in [6, 6.07) is 7.92. The molecule has 132 valence electrons. The zero-order valence-electron chi connectivity index (χ0n) is 14.8. The lowest BCUT2D eigenvalue weighted by atomic mass is 10.2. The van der Waals surface area contributed by atoms with Crippen molar-refractivity contribution in [2.45, 2.75) is 19.4 Å². The molecule has 0 unspecified atom stereocenters. The second-order valence-electron chi connectivity index (χ2n) is 6.42. The quantitative estimate of drug-likeness (QED) is 0.702. The van der Waals surface area contributed by atoms with Crippen LogP contribution in [0.5, 0.6) is 5.75 Å².